The summed E-state index contributed by atoms with van der Waals surface area (Å²) in [5.74, 6) is -1.83. The number of carbonyl (C=O) groups excluding carboxylic acids is 1. The van der Waals surface area contributed by atoms with E-state index in [1.54, 1.807) is 19.2 Å². The average Bonchev–Trinajstić information content (AvgIpc) is 2.44. The fourth-order valence-corrected chi connectivity index (χ4v) is 1.65. The summed E-state index contributed by atoms with van der Waals surface area (Å²) in [5.41, 5.74) is 0.714. The first-order chi connectivity index (χ1) is 9.56. The van der Waals surface area contributed by atoms with Crippen LogP contribution in [0.4, 0.5) is 14.5 Å². The predicted molar refractivity (Wildman–Crippen MR) is 71.7 cm³/mol. The first-order valence-corrected chi connectivity index (χ1v) is 5.97. The standard InChI is InChI=1S/C15H13F2NO2/c1-18(13-5-3-2-4-6-13)15(19)10-20-14-8-11(16)7-12(17)9-14/h2-9H,10H2,1H3. The van der Waals surface area contributed by atoms with E-state index in [-0.39, 0.29) is 18.3 Å². The second-order valence-electron chi connectivity index (χ2n) is 4.18. The average molecular weight is 277 g/mol. The maximum absolute atomic E-state index is 13.0. The van der Waals surface area contributed by atoms with Gasteiger partial charge in [-0.3, -0.25) is 4.79 Å². The number of anilines is 1. The Bertz CT molecular complexity index is 582. The Labute approximate surface area is 115 Å². The van der Waals surface area contributed by atoms with Crippen LogP contribution in [0, 0.1) is 11.6 Å². The Morgan fingerprint density at radius 1 is 1.10 bits per heavy atom. The molecule has 0 N–H and O–H groups in total. The molecule has 0 aliphatic heterocycles. The summed E-state index contributed by atoms with van der Waals surface area (Å²) in [7, 11) is 1.60. The number of ether oxygens (including phenoxy) is 1. The highest BCUT2D eigenvalue weighted by Crippen LogP contribution is 2.16. The molecule has 20 heavy (non-hydrogen) atoms. The first-order valence-electron chi connectivity index (χ1n) is 5.97. The van der Waals surface area contributed by atoms with Crippen LogP contribution in [0.5, 0.6) is 5.75 Å². The Morgan fingerprint density at radius 2 is 1.70 bits per heavy atom. The maximum atomic E-state index is 13.0. The number of carbonyl (C=O) groups is 1. The second kappa shape index (κ2) is 6.14. The van der Waals surface area contributed by atoms with Crippen LogP contribution in [0.2, 0.25) is 0 Å². The molecule has 0 bridgehead atoms. The minimum Gasteiger partial charge on any atom is -0.484 e. The summed E-state index contributed by atoms with van der Waals surface area (Å²) >= 11 is 0. The summed E-state index contributed by atoms with van der Waals surface area (Å²) in [4.78, 5) is 13.3. The van der Waals surface area contributed by atoms with Gasteiger partial charge in [0.1, 0.15) is 17.4 Å². The predicted octanol–water partition coefficient (Wildman–Crippen LogP) is 3.01. The zero-order valence-corrected chi connectivity index (χ0v) is 10.8. The third-order valence-corrected chi connectivity index (χ3v) is 2.72. The van der Waals surface area contributed by atoms with Gasteiger partial charge in [0, 0.05) is 30.9 Å². The molecule has 2 rings (SSSR count). The second-order valence-corrected chi connectivity index (χ2v) is 4.18. The van der Waals surface area contributed by atoms with Gasteiger partial charge in [0.05, 0.1) is 0 Å². The van der Waals surface area contributed by atoms with Crippen LogP contribution < -0.4 is 9.64 Å². The topological polar surface area (TPSA) is 29.5 Å². The molecule has 3 nitrogen and oxygen atoms in total. The molecule has 2 aromatic rings. The van der Waals surface area contributed by atoms with Gasteiger partial charge in [0.2, 0.25) is 0 Å². The SMILES string of the molecule is CN(C(=O)COc1cc(F)cc(F)c1)c1ccccc1. The number of likely N-dealkylation sites (N-methyl/N-ethyl adjacent to an activating group) is 1. The number of hydrogen-bond acceptors (Lipinski definition) is 2. The molecule has 0 fully saturated rings. The molecule has 2 aromatic carbocycles. The molecule has 0 radical (unpaired) electrons. The minimum absolute atomic E-state index is 0.0164. The van der Waals surface area contributed by atoms with E-state index < -0.39 is 11.6 Å². The summed E-state index contributed by atoms with van der Waals surface area (Å²) in [5, 5.41) is 0. The molecule has 0 saturated heterocycles. The lowest BCUT2D eigenvalue weighted by atomic mass is 10.3. The van der Waals surface area contributed by atoms with Crippen molar-refractivity contribution in [2.45, 2.75) is 0 Å². The van der Waals surface area contributed by atoms with E-state index in [9.17, 15) is 13.6 Å². The van der Waals surface area contributed by atoms with Crippen molar-refractivity contribution in [1.29, 1.82) is 0 Å². The first kappa shape index (κ1) is 14.0. The number of para-hydroxylation sites is 1. The summed E-state index contributed by atoms with van der Waals surface area (Å²) in [6, 6.07) is 11.8. The van der Waals surface area contributed by atoms with Crippen molar-refractivity contribution in [3.8, 4) is 5.75 Å². The summed E-state index contributed by atoms with van der Waals surface area (Å²) in [6.45, 7) is -0.297. The van der Waals surface area contributed by atoms with Crippen LogP contribution in [-0.4, -0.2) is 19.6 Å². The third kappa shape index (κ3) is 3.54. The fourth-order valence-electron chi connectivity index (χ4n) is 1.65. The Kier molecular flexibility index (Phi) is 4.30. The maximum Gasteiger partial charge on any atom is 0.264 e. The highest BCUT2D eigenvalue weighted by Gasteiger charge is 2.12. The zero-order valence-electron chi connectivity index (χ0n) is 10.8. The van der Waals surface area contributed by atoms with Crippen LogP contribution in [-0.2, 0) is 4.79 Å². The molecule has 0 atom stereocenters. The highest BCUT2D eigenvalue weighted by atomic mass is 19.1. The van der Waals surface area contributed by atoms with Gasteiger partial charge in [-0.1, -0.05) is 18.2 Å². The van der Waals surface area contributed by atoms with Crippen LogP contribution in [0.15, 0.2) is 48.5 Å². The van der Waals surface area contributed by atoms with Gasteiger partial charge < -0.3 is 9.64 Å². The molecule has 0 unspecified atom stereocenters. The van der Waals surface area contributed by atoms with Crippen molar-refractivity contribution < 1.29 is 18.3 Å². The monoisotopic (exact) mass is 277 g/mol. The van der Waals surface area contributed by atoms with E-state index in [4.69, 9.17) is 4.74 Å². The van der Waals surface area contributed by atoms with Crippen molar-refractivity contribution >= 4 is 11.6 Å². The van der Waals surface area contributed by atoms with Gasteiger partial charge in [0.25, 0.3) is 5.91 Å². The third-order valence-electron chi connectivity index (χ3n) is 2.72. The van der Waals surface area contributed by atoms with Gasteiger partial charge in [-0.15, -0.1) is 0 Å². The van der Waals surface area contributed by atoms with E-state index in [1.165, 1.54) is 4.90 Å². The molecule has 1 amide bonds. The summed E-state index contributed by atoms with van der Waals surface area (Å²) in [6.07, 6.45) is 0. The molecule has 104 valence electrons. The number of halogens is 2. The van der Waals surface area contributed by atoms with Crippen molar-refractivity contribution in [3.63, 3.8) is 0 Å². The fraction of sp³-hybridized carbons (Fsp3) is 0.133. The quantitative estimate of drug-likeness (QED) is 0.859. The highest BCUT2D eigenvalue weighted by molar-refractivity contribution is 5.93. The van der Waals surface area contributed by atoms with Crippen LogP contribution in [0.25, 0.3) is 0 Å². The van der Waals surface area contributed by atoms with Crippen molar-refractivity contribution in [2.75, 3.05) is 18.6 Å². The van der Waals surface area contributed by atoms with E-state index in [0.717, 1.165) is 18.2 Å². The van der Waals surface area contributed by atoms with E-state index in [1.807, 2.05) is 18.2 Å². The normalized spacial score (nSPS) is 10.2. The number of amides is 1. The Hall–Kier alpha value is -2.43. The van der Waals surface area contributed by atoms with Crippen molar-refractivity contribution in [1.82, 2.24) is 0 Å². The largest absolute Gasteiger partial charge is 0.484 e. The molecule has 0 aliphatic rings. The lowest BCUT2D eigenvalue weighted by Gasteiger charge is -2.17. The van der Waals surface area contributed by atoms with Gasteiger partial charge in [-0.05, 0) is 12.1 Å². The molecular weight excluding hydrogens is 264 g/mol. The Morgan fingerprint density at radius 3 is 2.30 bits per heavy atom. The lowest BCUT2D eigenvalue weighted by Crippen LogP contribution is -2.31. The molecule has 0 aromatic heterocycles. The van der Waals surface area contributed by atoms with E-state index in [0.29, 0.717) is 5.69 Å². The zero-order chi connectivity index (χ0) is 14.5. The van der Waals surface area contributed by atoms with Crippen LogP contribution >= 0.6 is 0 Å². The number of hydrogen-bond donors (Lipinski definition) is 0. The van der Waals surface area contributed by atoms with Gasteiger partial charge in [0.15, 0.2) is 6.61 Å². The van der Waals surface area contributed by atoms with Crippen LogP contribution in [0.1, 0.15) is 0 Å². The smallest absolute Gasteiger partial charge is 0.264 e. The van der Waals surface area contributed by atoms with Crippen molar-refractivity contribution in [3.05, 3.63) is 60.2 Å². The molecule has 5 heteroatoms. The number of benzene rings is 2. The molecule has 0 spiro atoms. The van der Waals surface area contributed by atoms with Gasteiger partial charge >= 0.3 is 0 Å². The summed E-state index contributed by atoms with van der Waals surface area (Å²) < 4.78 is 31.0. The number of rotatable bonds is 4. The van der Waals surface area contributed by atoms with Crippen LogP contribution in [0.3, 0.4) is 0 Å². The van der Waals surface area contributed by atoms with Crippen molar-refractivity contribution in [2.24, 2.45) is 0 Å². The van der Waals surface area contributed by atoms with E-state index in [2.05, 4.69) is 0 Å². The lowest BCUT2D eigenvalue weighted by molar-refractivity contribution is -0.120. The molecule has 0 saturated carbocycles. The Balaban J connectivity index is 1.98. The minimum atomic E-state index is -0.746. The van der Waals surface area contributed by atoms with E-state index >= 15 is 0 Å². The molecule has 0 aliphatic carbocycles. The van der Waals surface area contributed by atoms with Gasteiger partial charge in [-0.25, -0.2) is 8.78 Å². The van der Waals surface area contributed by atoms with Gasteiger partial charge in [-0.2, -0.15) is 0 Å². The molecule has 0 heterocycles. The molecular formula is C15H13F2NO2. The number of nitrogens with zero attached hydrogens (tertiary/aromatic N) is 1.